The quantitative estimate of drug-likeness (QED) is 0.637. The monoisotopic (exact) mass is 424 g/mol. The van der Waals surface area contributed by atoms with E-state index in [4.69, 9.17) is 0 Å². The molecule has 0 amide bonds. The van der Waals surface area contributed by atoms with Crippen LogP contribution >= 0.6 is 0 Å². The summed E-state index contributed by atoms with van der Waals surface area (Å²) < 4.78 is 28.5. The van der Waals surface area contributed by atoms with E-state index < -0.39 is 10.0 Å². The summed E-state index contributed by atoms with van der Waals surface area (Å²) in [4.78, 5) is 16.4. The van der Waals surface area contributed by atoms with Crippen LogP contribution in [0.4, 0.5) is 0 Å². The molecule has 1 heterocycles. The molecular formula is C24H28N2O3S. The zero-order valence-corrected chi connectivity index (χ0v) is 18.8. The predicted octanol–water partition coefficient (Wildman–Crippen LogP) is 4.84. The smallest absolute Gasteiger partial charge is 0.243 e. The van der Waals surface area contributed by atoms with Gasteiger partial charge in [-0.25, -0.2) is 8.42 Å². The Morgan fingerprint density at radius 2 is 1.80 bits per heavy atom. The summed E-state index contributed by atoms with van der Waals surface area (Å²) in [6.07, 6.45) is 1.28. The van der Waals surface area contributed by atoms with E-state index >= 15 is 0 Å². The number of benzene rings is 2. The van der Waals surface area contributed by atoms with Gasteiger partial charge in [-0.1, -0.05) is 51.1 Å². The van der Waals surface area contributed by atoms with Gasteiger partial charge < -0.3 is 4.98 Å². The van der Waals surface area contributed by atoms with Crippen molar-refractivity contribution >= 4 is 26.7 Å². The molecule has 158 valence electrons. The first-order valence-electron chi connectivity index (χ1n) is 10.3. The largest absolute Gasteiger partial charge is 0.358 e. The highest BCUT2D eigenvalue weighted by molar-refractivity contribution is 7.89. The number of aromatic amines is 1. The Balaban J connectivity index is 1.79. The number of fused-ring (bicyclic) bond motifs is 3. The number of H-pyrrole nitrogens is 1. The molecule has 1 aromatic heterocycles. The molecule has 1 aliphatic carbocycles. The van der Waals surface area contributed by atoms with Gasteiger partial charge in [0.15, 0.2) is 5.78 Å². The molecule has 0 aliphatic heterocycles. The molecule has 6 heteroatoms. The Hall–Kier alpha value is -2.44. The van der Waals surface area contributed by atoms with E-state index in [1.54, 1.807) is 13.0 Å². The molecule has 0 spiro atoms. The third-order valence-electron chi connectivity index (χ3n) is 5.92. The van der Waals surface area contributed by atoms with Crippen LogP contribution in [0.1, 0.15) is 54.4 Å². The Bertz CT molecular complexity index is 1220. The molecule has 0 fully saturated rings. The van der Waals surface area contributed by atoms with Gasteiger partial charge >= 0.3 is 0 Å². The van der Waals surface area contributed by atoms with Crippen molar-refractivity contribution in [3.63, 3.8) is 0 Å². The molecule has 0 radical (unpaired) electrons. The number of carbonyl (C=O) groups excluding carboxylic acids is 1. The van der Waals surface area contributed by atoms with E-state index in [-0.39, 0.29) is 16.1 Å². The van der Waals surface area contributed by atoms with Gasteiger partial charge in [0.05, 0.1) is 4.90 Å². The summed E-state index contributed by atoms with van der Waals surface area (Å²) in [6, 6.07) is 13.2. The maximum Gasteiger partial charge on any atom is 0.243 e. The van der Waals surface area contributed by atoms with Crippen molar-refractivity contribution in [2.24, 2.45) is 5.41 Å². The highest BCUT2D eigenvalue weighted by atomic mass is 32.2. The van der Waals surface area contributed by atoms with Crippen LogP contribution in [-0.4, -0.2) is 30.0 Å². The van der Waals surface area contributed by atoms with Gasteiger partial charge in [-0.05, 0) is 42.0 Å². The Labute approximate surface area is 178 Å². The van der Waals surface area contributed by atoms with Crippen LogP contribution in [0.15, 0.2) is 47.4 Å². The zero-order valence-electron chi connectivity index (χ0n) is 18.0. The first-order chi connectivity index (χ1) is 14.1. The minimum atomic E-state index is -3.68. The molecule has 1 aliphatic rings. The molecule has 2 aromatic carbocycles. The number of nitrogens with one attached hydrogen (secondary N) is 1. The van der Waals surface area contributed by atoms with E-state index in [0.717, 1.165) is 28.6 Å². The van der Waals surface area contributed by atoms with E-state index in [2.05, 4.69) is 18.8 Å². The minimum absolute atomic E-state index is 0.0936. The number of rotatable bonds is 5. The zero-order chi connectivity index (χ0) is 21.7. The molecule has 0 unspecified atom stereocenters. The number of sulfonamides is 1. The lowest BCUT2D eigenvalue weighted by Crippen LogP contribution is -2.31. The molecule has 30 heavy (non-hydrogen) atoms. The maximum atomic E-state index is 13.5. The highest BCUT2D eigenvalue weighted by Gasteiger charge is 2.34. The summed E-state index contributed by atoms with van der Waals surface area (Å²) in [5.74, 6) is 0.127. The van der Waals surface area contributed by atoms with Crippen LogP contribution in [-0.2, 0) is 23.0 Å². The van der Waals surface area contributed by atoms with Crippen molar-refractivity contribution in [2.45, 2.75) is 52.0 Å². The second kappa shape index (κ2) is 7.36. The molecule has 5 nitrogen and oxygen atoms in total. The van der Waals surface area contributed by atoms with Crippen LogP contribution in [0, 0.1) is 12.3 Å². The number of hydrogen-bond donors (Lipinski definition) is 1. The number of aromatic nitrogens is 1. The fourth-order valence-electron chi connectivity index (χ4n) is 4.47. The first kappa shape index (κ1) is 20.8. The predicted molar refractivity (Wildman–Crippen MR) is 119 cm³/mol. The van der Waals surface area contributed by atoms with E-state index in [9.17, 15) is 13.2 Å². The SMILES string of the molecule is CCN(Cc1ccccc1)S(=O)(=O)c1cc2[nH]c3c(c2cc1C)C(=O)CC(C)(C)C3. The summed E-state index contributed by atoms with van der Waals surface area (Å²) >= 11 is 0. The van der Waals surface area contributed by atoms with Crippen molar-refractivity contribution in [1.29, 1.82) is 0 Å². The van der Waals surface area contributed by atoms with E-state index in [0.29, 0.717) is 30.6 Å². The number of aryl methyl sites for hydroxylation is 1. The van der Waals surface area contributed by atoms with Crippen LogP contribution < -0.4 is 0 Å². The Morgan fingerprint density at radius 1 is 1.10 bits per heavy atom. The van der Waals surface area contributed by atoms with E-state index in [1.807, 2.05) is 43.3 Å². The first-order valence-corrected chi connectivity index (χ1v) is 11.8. The van der Waals surface area contributed by atoms with Gasteiger partial charge in [0.2, 0.25) is 10.0 Å². The standard InChI is InChI=1S/C24H28N2O3S/c1-5-26(15-17-9-7-6-8-10-17)30(28,29)22-12-19-18(11-16(22)2)23-20(25-19)13-24(3,4)14-21(23)27/h6-12,25H,5,13-15H2,1-4H3. The van der Waals surface area contributed by atoms with Gasteiger partial charge in [0.1, 0.15) is 0 Å². The summed E-state index contributed by atoms with van der Waals surface area (Å²) in [5.41, 5.74) is 3.87. The Morgan fingerprint density at radius 3 is 2.47 bits per heavy atom. The van der Waals surface area contributed by atoms with Crippen LogP contribution in [0.2, 0.25) is 0 Å². The van der Waals surface area contributed by atoms with Crippen molar-refractivity contribution in [1.82, 2.24) is 9.29 Å². The van der Waals surface area contributed by atoms with Gasteiger partial charge in [-0.3, -0.25) is 4.79 Å². The molecule has 0 bridgehead atoms. The average Bonchev–Trinajstić information content (AvgIpc) is 3.01. The molecule has 0 saturated heterocycles. The van der Waals surface area contributed by atoms with Crippen molar-refractivity contribution < 1.29 is 13.2 Å². The van der Waals surface area contributed by atoms with Crippen molar-refractivity contribution in [2.75, 3.05) is 6.54 Å². The number of hydrogen-bond acceptors (Lipinski definition) is 3. The molecule has 3 aromatic rings. The summed E-state index contributed by atoms with van der Waals surface area (Å²) in [7, 11) is -3.68. The average molecular weight is 425 g/mol. The van der Waals surface area contributed by atoms with Crippen LogP contribution in [0.3, 0.4) is 0 Å². The van der Waals surface area contributed by atoms with Gasteiger partial charge in [-0.15, -0.1) is 0 Å². The fourth-order valence-corrected chi connectivity index (χ4v) is 6.14. The molecule has 0 saturated carbocycles. The van der Waals surface area contributed by atoms with Crippen LogP contribution in [0.5, 0.6) is 0 Å². The molecule has 4 rings (SSSR count). The third-order valence-corrected chi connectivity index (χ3v) is 7.98. The van der Waals surface area contributed by atoms with Crippen molar-refractivity contribution in [3.05, 3.63) is 64.8 Å². The van der Waals surface area contributed by atoms with Crippen LogP contribution in [0.25, 0.3) is 10.9 Å². The third kappa shape index (κ3) is 3.59. The van der Waals surface area contributed by atoms with Gasteiger partial charge in [0.25, 0.3) is 0 Å². The lowest BCUT2D eigenvalue weighted by molar-refractivity contribution is 0.0913. The normalized spacial score (nSPS) is 16.2. The number of Topliss-reactive ketones (excluding diaryl/α,β-unsaturated/α-hetero) is 1. The van der Waals surface area contributed by atoms with Gasteiger partial charge in [0, 0.05) is 41.7 Å². The molecule has 1 N–H and O–H groups in total. The van der Waals surface area contributed by atoms with E-state index in [1.165, 1.54) is 4.31 Å². The molecule has 0 atom stereocenters. The second-order valence-electron chi connectivity index (χ2n) is 9.00. The van der Waals surface area contributed by atoms with Gasteiger partial charge in [-0.2, -0.15) is 4.31 Å². The Kier molecular flexibility index (Phi) is 5.11. The summed E-state index contributed by atoms with van der Waals surface area (Å²) in [6.45, 7) is 8.53. The number of carbonyl (C=O) groups is 1. The molecular weight excluding hydrogens is 396 g/mol. The lowest BCUT2D eigenvalue weighted by Gasteiger charge is -2.28. The number of nitrogens with zero attached hydrogens (tertiary/aromatic N) is 1. The van der Waals surface area contributed by atoms with Crippen molar-refractivity contribution in [3.8, 4) is 0 Å². The second-order valence-corrected chi connectivity index (χ2v) is 10.9. The fraction of sp³-hybridized carbons (Fsp3) is 0.375. The minimum Gasteiger partial charge on any atom is -0.358 e. The highest BCUT2D eigenvalue weighted by Crippen LogP contribution is 2.39. The number of ketones is 1. The topological polar surface area (TPSA) is 70.2 Å². The summed E-state index contributed by atoms with van der Waals surface area (Å²) in [5, 5.41) is 0.827. The lowest BCUT2D eigenvalue weighted by atomic mass is 9.76. The maximum absolute atomic E-state index is 13.5.